The monoisotopic (exact) mass is 488 g/mol. The molecule has 0 radical (unpaired) electrons. The van der Waals surface area contributed by atoms with Crippen molar-refractivity contribution in [3.05, 3.63) is 45.9 Å². The first-order chi connectivity index (χ1) is 12.2. The SMILES string of the molecule is CCc1cnc(CCNC(=NC)NCCCc2cccc(OC)c2)s1.I. The third-order valence-electron chi connectivity index (χ3n) is 3.87. The Balaban J connectivity index is 0.00000338. The van der Waals surface area contributed by atoms with Crippen LogP contribution < -0.4 is 15.4 Å². The summed E-state index contributed by atoms with van der Waals surface area (Å²) in [5.41, 5.74) is 1.29. The van der Waals surface area contributed by atoms with Crippen molar-refractivity contribution in [1.29, 1.82) is 0 Å². The first-order valence-electron chi connectivity index (χ1n) is 8.76. The van der Waals surface area contributed by atoms with Crippen LogP contribution >= 0.6 is 35.3 Å². The summed E-state index contributed by atoms with van der Waals surface area (Å²) in [6.45, 7) is 3.88. The molecule has 0 saturated carbocycles. The van der Waals surface area contributed by atoms with E-state index in [1.54, 1.807) is 25.5 Å². The van der Waals surface area contributed by atoms with Crippen LogP contribution in [0.4, 0.5) is 0 Å². The number of thiazole rings is 1. The maximum Gasteiger partial charge on any atom is 0.190 e. The number of benzene rings is 1. The largest absolute Gasteiger partial charge is 0.497 e. The normalized spacial score (nSPS) is 11.0. The van der Waals surface area contributed by atoms with Crippen LogP contribution in [0.1, 0.15) is 28.8 Å². The first kappa shape index (κ1) is 22.7. The number of halogens is 1. The summed E-state index contributed by atoms with van der Waals surface area (Å²) in [7, 11) is 3.50. The summed E-state index contributed by atoms with van der Waals surface area (Å²) < 4.78 is 5.26. The van der Waals surface area contributed by atoms with Crippen molar-refractivity contribution in [1.82, 2.24) is 15.6 Å². The molecule has 2 aromatic rings. The van der Waals surface area contributed by atoms with Crippen LogP contribution in [-0.4, -0.2) is 38.2 Å². The van der Waals surface area contributed by atoms with Crippen LogP contribution in [0.3, 0.4) is 0 Å². The second kappa shape index (κ2) is 12.9. The molecule has 5 nitrogen and oxygen atoms in total. The van der Waals surface area contributed by atoms with E-state index in [1.807, 2.05) is 18.3 Å². The van der Waals surface area contributed by atoms with E-state index in [0.29, 0.717) is 0 Å². The highest BCUT2D eigenvalue weighted by Gasteiger charge is 2.02. The molecule has 26 heavy (non-hydrogen) atoms. The Morgan fingerprint density at radius 3 is 2.73 bits per heavy atom. The summed E-state index contributed by atoms with van der Waals surface area (Å²) in [6.07, 6.45) is 6.02. The molecule has 0 spiro atoms. The summed E-state index contributed by atoms with van der Waals surface area (Å²) in [5, 5.41) is 7.89. The van der Waals surface area contributed by atoms with Gasteiger partial charge in [-0.3, -0.25) is 4.99 Å². The maximum atomic E-state index is 5.26. The van der Waals surface area contributed by atoms with Gasteiger partial charge in [-0.2, -0.15) is 0 Å². The Morgan fingerprint density at radius 2 is 2.04 bits per heavy atom. The Labute approximate surface area is 177 Å². The van der Waals surface area contributed by atoms with Crippen LogP contribution in [-0.2, 0) is 19.3 Å². The second-order valence-electron chi connectivity index (χ2n) is 5.70. The zero-order valence-corrected chi connectivity index (χ0v) is 18.9. The van der Waals surface area contributed by atoms with Crippen molar-refractivity contribution in [3.63, 3.8) is 0 Å². The number of ether oxygens (including phenoxy) is 1. The van der Waals surface area contributed by atoms with E-state index >= 15 is 0 Å². The Bertz CT molecular complexity index is 675. The van der Waals surface area contributed by atoms with Gasteiger partial charge in [-0.25, -0.2) is 4.98 Å². The van der Waals surface area contributed by atoms with Crippen LogP contribution in [0, 0.1) is 0 Å². The van der Waals surface area contributed by atoms with Gasteiger partial charge >= 0.3 is 0 Å². The molecule has 0 fully saturated rings. The number of hydrogen-bond donors (Lipinski definition) is 2. The van der Waals surface area contributed by atoms with Crippen LogP contribution in [0.15, 0.2) is 35.5 Å². The van der Waals surface area contributed by atoms with Gasteiger partial charge in [0.15, 0.2) is 5.96 Å². The number of aromatic nitrogens is 1. The molecule has 0 aliphatic rings. The third-order valence-corrected chi connectivity index (χ3v) is 5.08. The zero-order valence-electron chi connectivity index (χ0n) is 15.7. The minimum absolute atomic E-state index is 0. The van der Waals surface area contributed by atoms with E-state index in [2.05, 4.69) is 39.7 Å². The minimum atomic E-state index is 0. The quantitative estimate of drug-likeness (QED) is 0.245. The summed E-state index contributed by atoms with van der Waals surface area (Å²) in [4.78, 5) is 10.1. The molecule has 1 aromatic heterocycles. The molecule has 7 heteroatoms. The van der Waals surface area contributed by atoms with Crippen LogP contribution in [0.25, 0.3) is 0 Å². The van der Waals surface area contributed by atoms with E-state index in [4.69, 9.17) is 4.74 Å². The molecule has 2 N–H and O–H groups in total. The molecule has 0 atom stereocenters. The molecular formula is C19H29IN4OS. The number of hydrogen-bond acceptors (Lipinski definition) is 4. The number of nitrogens with one attached hydrogen (secondary N) is 2. The van der Waals surface area contributed by atoms with Gasteiger partial charge in [0.1, 0.15) is 5.75 Å². The second-order valence-corrected chi connectivity index (χ2v) is 6.90. The summed E-state index contributed by atoms with van der Waals surface area (Å²) in [5.74, 6) is 1.76. The Hall–Kier alpha value is -1.35. The molecule has 0 aliphatic heterocycles. The topological polar surface area (TPSA) is 58.5 Å². The van der Waals surface area contributed by atoms with Gasteiger partial charge in [-0.15, -0.1) is 35.3 Å². The van der Waals surface area contributed by atoms with Crippen molar-refractivity contribution >= 4 is 41.3 Å². The fraction of sp³-hybridized carbons (Fsp3) is 0.474. The van der Waals surface area contributed by atoms with Crippen molar-refractivity contribution in [2.75, 3.05) is 27.2 Å². The number of aliphatic imine (C=N–C) groups is 1. The lowest BCUT2D eigenvalue weighted by atomic mass is 10.1. The minimum Gasteiger partial charge on any atom is -0.497 e. The fourth-order valence-electron chi connectivity index (χ4n) is 2.46. The highest BCUT2D eigenvalue weighted by atomic mass is 127. The van der Waals surface area contributed by atoms with Gasteiger partial charge in [0.2, 0.25) is 0 Å². The number of guanidine groups is 1. The lowest BCUT2D eigenvalue weighted by Gasteiger charge is -2.11. The van der Waals surface area contributed by atoms with Crippen LogP contribution in [0.5, 0.6) is 5.75 Å². The number of nitrogens with zero attached hydrogens (tertiary/aromatic N) is 2. The highest BCUT2D eigenvalue weighted by Crippen LogP contribution is 2.14. The van der Waals surface area contributed by atoms with Gasteiger partial charge in [0, 0.05) is 37.6 Å². The van der Waals surface area contributed by atoms with Crippen molar-refractivity contribution in [3.8, 4) is 5.75 Å². The average Bonchev–Trinajstić information content (AvgIpc) is 3.11. The lowest BCUT2D eigenvalue weighted by molar-refractivity contribution is 0.414. The van der Waals surface area contributed by atoms with Gasteiger partial charge in [0.05, 0.1) is 12.1 Å². The van der Waals surface area contributed by atoms with E-state index in [-0.39, 0.29) is 24.0 Å². The highest BCUT2D eigenvalue weighted by molar-refractivity contribution is 14.0. The third kappa shape index (κ3) is 7.90. The molecule has 0 bridgehead atoms. The smallest absolute Gasteiger partial charge is 0.190 e. The predicted octanol–water partition coefficient (Wildman–Crippen LogP) is 3.67. The Morgan fingerprint density at radius 1 is 1.23 bits per heavy atom. The van der Waals surface area contributed by atoms with Crippen molar-refractivity contribution in [2.24, 2.45) is 4.99 Å². The predicted molar refractivity (Wildman–Crippen MR) is 121 cm³/mol. The molecule has 0 amide bonds. The summed E-state index contributed by atoms with van der Waals surface area (Å²) >= 11 is 1.79. The van der Waals surface area contributed by atoms with Gasteiger partial charge < -0.3 is 15.4 Å². The molecule has 2 rings (SSSR count). The van der Waals surface area contributed by atoms with Gasteiger partial charge in [-0.05, 0) is 37.0 Å². The molecule has 1 heterocycles. The first-order valence-corrected chi connectivity index (χ1v) is 9.57. The standard InChI is InChI=1S/C19H28N4OS.HI/c1-4-17-14-23-18(25-17)10-12-22-19(20-2)21-11-6-8-15-7-5-9-16(13-15)24-3;/h5,7,9,13-14H,4,6,8,10-12H2,1-3H3,(H2,20,21,22);1H. The van der Waals surface area contributed by atoms with Gasteiger partial charge in [-0.1, -0.05) is 19.1 Å². The zero-order chi connectivity index (χ0) is 17.9. The molecule has 0 saturated heterocycles. The molecule has 0 aliphatic carbocycles. The lowest BCUT2D eigenvalue weighted by Crippen LogP contribution is -2.38. The van der Waals surface area contributed by atoms with E-state index < -0.39 is 0 Å². The summed E-state index contributed by atoms with van der Waals surface area (Å²) in [6, 6.07) is 8.23. The van der Waals surface area contributed by atoms with Gasteiger partial charge in [0.25, 0.3) is 0 Å². The fourth-order valence-corrected chi connectivity index (χ4v) is 3.32. The number of rotatable bonds is 9. The molecule has 144 valence electrons. The van der Waals surface area contributed by atoms with Crippen molar-refractivity contribution in [2.45, 2.75) is 32.6 Å². The maximum absolute atomic E-state index is 5.26. The number of methoxy groups -OCH3 is 1. The van der Waals surface area contributed by atoms with Crippen molar-refractivity contribution < 1.29 is 4.74 Å². The molecule has 1 aromatic carbocycles. The number of aryl methyl sites for hydroxylation is 2. The van der Waals surface area contributed by atoms with E-state index in [9.17, 15) is 0 Å². The Kier molecular flexibility index (Phi) is 11.3. The van der Waals surface area contributed by atoms with E-state index in [1.165, 1.54) is 15.4 Å². The van der Waals surface area contributed by atoms with E-state index in [0.717, 1.165) is 50.5 Å². The molecular weight excluding hydrogens is 459 g/mol. The molecule has 0 unspecified atom stereocenters. The van der Waals surface area contributed by atoms with Crippen LogP contribution in [0.2, 0.25) is 0 Å². The average molecular weight is 488 g/mol.